The van der Waals surface area contributed by atoms with Crippen molar-refractivity contribution in [1.29, 1.82) is 0 Å². The standard InChI is InChI=1S/C20H26ClN3O4/c1-5-14-16(19(25)22-10-13-6-8-28-9-7-13)15-12(2)11-24(3,20(26)27-4)17(15)18(21)23-14/h11,13H,5-10H2,1-4H3/p+1. The van der Waals surface area contributed by atoms with Gasteiger partial charge in [-0.2, -0.15) is 9.28 Å². The molecule has 3 heterocycles. The van der Waals surface area contributed by atoms with Gasteiger partial charge in [0, 0.05) is 25.3 Å². The van der Waals surface area contributed by atoms with Gasteiger partial charge >= 0.3 is 6.09 Å². The van der Waals surface area contributed by atoms with Crippen LogP contribution in [-0.2, 0) is 15.9 Å². The molecule has 1 aromatic rings. The molecule has 1 fully saturated rings. The van der Waals surface area contributed by atoms with E-state index < -0.39 is 6.09 Å². The SMILES string of the molecule is CCc1nc(Cl)c2c(c1C(=O)NCC1CCOCC1)C(C)=C[N+]2(C)C(=O)OC. The predicted molar refractivity (Wildman–Crippen MR) is 108 cm³/mol. The van der Waals surface area contributed by atoms with Gasteiger partial charge in [-0.1, -0.05) is 18.5 Å². The Hall–Kier alpha value is -1.96. The molecule has 1 aromatic heterocycles. The van der Waals surface area contributed by atoms with Gasteiger partial charge in [0.2, 0.25) is 0 Å². The molecule has 1 atom stereocenters. The number of hydrogen-bond acceptors (Lipinski definition) is 5. The number of pyridine rings is 1. The van der Waals surface area contributed by atoms with Crippen molar-refractivity contribution in [3.8, 4) is 0 Å². The number of hydrogen-bond donors (Lipinski definition) is 1. The molecule has 152 valence electrons. The fourth-order valence-electron chi connectivity index (χ4n) is 4.03. The van der Waals surface area contributed by atoms with E-state index in [4.69, 9.17) is 21.1 Å². The van der Waals surface area contributed by atoms with Crippen LogP contribution in [0, 0.1) is 5.92 Å². The molecule has 2 amide bonds. The number of ether oxygens (including phenoxy) is 2. The fourth-order valence-corrected chi connectivity index (χ4v) is 4.40. The number of carbonyl (C=O) groups excluding carboxylic acids is 2. The number of aryl methyl sites for hydroxylation is 1. The van der Waals surface area contributed by atoms with E-state index in [2.05, 4.69) is 10.3 Å². The van der Waals surface area contributed by atoms with Crippen LogP contribution in [0.5, 0.6) is 0 Å². The van der Waals surface area contributed by atoms with Crippen LogP contribution < -0.4 is 9.80 Å². The van der Waals surface area contributed by atoms with Gasteiger partial charge in [0.1, 0.15) is 6.20 Å². The molecule has 7 nitrogen and oxygen atoms in total. The molecule has 8 heteroatoms. The van der Waals surface area contributed by atoms with Crippen LogP contribution in [0.4, 0.5) is 10.5 Å². The number of carbonyl (C=O) groups is 2. The molecule has 28 heavy (non-hydrogen) atoms. The van der Waals surface area contributed by atoms with E-state index in [1.54, 1.807) is 13.2 Å². The lowest BCUT2D eigenvalue weighted by Gasteiger charge is -2.24. The summed E-state index contributed by atoms with van der Waals surface area (Å²) >= 11 is 6.47. The molecule has 3 rings (SSSR count). The van der Waals surface area contributed by atoms with Crippen molar-refractivity contribution >= 4 is 34.9 Å². The number of rotatable bonds is 4. The summed E-state index contributed by atoms with van der Waals surface area (Å²) in [4.78, 5) is 30.1. The minimum Gasteiger partial charge on any atom is -0.423 e. The van der Waals surface area contributed by atoms with Gasteiger partial charge in [0.15, 0.2) is 10.8 Å². The number of methoxy groups -OCH3 is 1. The van der Waals surface area contributed by atoms with Gasteiger partial charge in [-0.3, -0.25) is 4.79 Å². The smallest absolute Gasteiger partial charge is 0.423 e. The highest BCUT2D eigenvalue weighted by Crippen LogP contribution is 2.46. The maximum absolute atomic E-state index is 13.2. The monoisotopic (exact) mass is 408 g/mol. The minimum atomic E-state index is -0.486. The van der Waals surface area contributed by atoms with Gasteiger partial charge in [0.25, 0.3) is 5.91 Å². The fraction of sp³-hybridized carbons (Fsp3) is 0.550. The number of nitrogens with zero attached hydrogens (tertiary/aromatic N) is 2. The van der Waals surface area contributed by atoms with E-state index in [0.717, 1.165) is 31.6 Å². The summed E-state index contributed by atoms with van der Waals surface area (Å²) in [5.74, 6) is 0.221. The van der Waals surface area contributed by atoms with E-state index >= 15 is 0 Å². The van der Waals surface area contributed by atoms with Crippen LogP contribution in [0.2, 0.25) is 5.15 Å². The van der Waals surface area contributed by atoms with E-state index in [1.165, 1.54) is 7.11 Å². The van der Waals surface area contributed by atoms with Crippen LogP contribution in [0.25, 0.3) is 5.57 Å². The van der Waals surface area contributed by atoms with Crippen LogP contribution in [0.15, 0.2) is 6.20 Å². The highest BCUT2D eigenvalue weighted by molar-refractivity contribution is 6.33. The van der Waals surface area contributed by atoms with E-state index in [1.807, 2.05) is 13.8 Å². The summed E-state index contributed by atoms with van der Waals surface area (Å²) < 4.78 is 10.1. The normalized spacial score (nSPS) is 21.8. The second-order valence-electron chi connectivity index (χ2n) is 7.42. The Bertz CT molecular complexity index is 833. The number of nitrogens with one attached hydrogen (secondary N) is 1. The molecule has 2 aliphatic rings. The lowest BCUT2D eigenvalue weighted by Crippen LogP contribution is -2.44. The van der Waals surface area contributed by atoms with Crippen molar-refractivity contribution in [2.75, 3.05) is 33.9 Å². The van der Waals surface area contributed by atoms with Crippen molar-refractivity contribution in [3.63, 3.8) is 0 Å². The molecule has 1 unspecified atom stereocenters. The zero-order valence-electron chi connectivity index (χ0n) is 16.8. The van der Waals surface area contributed by atoms with Gasteiger partial charge < -0.3 is 14.8 Å². The summed E-state index contributed by atoms with van der Waals surface area (Å²) in [6.45, 7) is 5.86. The minimum absolute atomic E-state index is 0.185. The number of quaternary nitrogens is 1. The van der Waals surface area contributed by atoms with Crippen LogP contribution in [-0.4, -0.2) is 50.9 Å². The third kappa shape index (κ3) is 3.54. The summed E-state index contributed by atoms with van der Waals surface area (Å²) in [5.41, 5.74) is 3.08. The average Bonchev–Trinajstić information content (AvgIpc) is 2.98. The highest BCUT2D eigenvalue weighted by Gasteiger charge is 2.47. The lowest BCUT2D eigenvalue weighted by molar-refractivity contribution is 0.0642. The topological polar surface area (TPSA) is 77.5 Å². The van der Waals surface area contributed by atoms with Crippen LogP contribution >= 0.6 is 11.6 Å². The average molecular weight is 409 g/mol. The number of allylic oxidation sites excluding steroid dienone is 1. The number of amides is 2. The second kappa shape index (κ2) is 8.19. The molecule has 1 saturated heterocycles. The Morgan fingerprint density at radius 2 is 2.07 bits per heavy atom. The molecule has 0 aliphatic carbocycles. The van der Waals surface area contributed by atoms with Crippen molar-refractivity contribution in [3.05, 3.63) is 28.2 Å². The Morgan fingerprint density at radius 1 is 1.39 bits per heavy atom. The van der Waals surface area contributed by atoms with Crippen molar-refractivity contribution in [1.82, 2.24) is 14.8 Å². The van der Waals surface area contributed by atoms with E-state index in [9.17, 15) is 9.59 Å². The third-order valence-electron chi connectivity index (χ3n) is 5.52. The Kier molecular flexibility index (Phi) is 6.07. The molecular formula is C20H27ClN3O4+. The molecule has 0 aromatic carbocycles. The zero-order valence-corrected chi connectivity index (χ0v) is 17.6. The summed E-state index contributed by atoms with van der Waals surface area (Å²) in [6, 6.07) is 0. The molecule has 2 aliphatic heterocycles. The first-order valence-electron chi connectivity index (χ1n) is 9.56. The van der Waals surface area contributed by atoms with Gasteiger partial charge in [-0.15, -0.1) is 0 Å². The maximum atomic E-state index is 13.2. The maximum Gasteiger partial charge on any atom is 0.525 e. The number of fused-ring (bicyclic) bond motifs is 1. The molecule has 1 N–H and O–H groups in total. The Balaban J connectivity index is 2.01. The molecule has 0 bridgehead atoms. The lowest BCUT2D eigenvalue weighted by atomic mass is 9.97. The third-order valence-corrected chi connectivity index (χ3v) is 5.79. The summed E-state index contributed by atoms with van der Waals surface area (Å²) in [5, 5.41) is 3.27. The summed E-state index contributed by atoms with van der Waals surface area (Å²) in [6.07, 6.45) is 3.70. The first-order chi connectivity index (χ1) is 13.3. The van der Waals surface area contributed by atoms with Gasteiger partial charge in [-0.05, 0) is 32.1 Å². The van der Waals surface area contributed by atoms with Gasteiger partial charge in [-0.25, -0.2) is 4.98 Å². The molecule has 0 radical (unpaired) electrons. The van der Waals surface area contributed by atoms with E-state index in [0.29, 0.717) is 41.4 Å². The van der Waals surface area contributed by atoms with Crippen molar-refractivity contribution in [2.24, 2.45) is 5.92 Å². The van der Waals surface area contributed by atoms with Crippen molar-refractivity contribution in [2.45, 2.75) is 33.1 Å². The highest BCUT2D eigenvalue weighted by atomic mass is 35.5. The van der Waals surface area contributed by atoms with Crippen LogP contribution in [0.3, 0.4) is 0 Å². The van der Waals surface area contributed by atoms with E-state index in [-0.39, 0.29) is 15.5 Å². The number of aromatic nitrogens is 1. The second-order valence-corrected chi connectivity index (χ2v) is 7.78. The summed E-state index contributed by atoms with van der Waals surface area (Å²) in [7, 11) is 3.01. The zero-order chi connectivity index (χ0) is 20.5. The largest absolute Gasteiger partial charge is 0.525 e. The first kappa shape index (κ1) is 20.8. The Labute approximate surface area is 170 Å². The van der Waals surface area contributed by atoms with Gasteiger partial charge in [0.05, 0.1) is 31.0 Å². The quantitative estimate of drug-likeness (QED) is 0.609. The predicted octanol–water partition coefficient (Wildman–Crippen LogP) is 3.53. The molecule has 0 spiro atoms. The molecule has 0 saturated carbocycles. The first-order valence-corrected chi connectivity index (χ1v) is 9.94. The number of halogens is 1. The Morgan fingerprint density at radius 3 is 2.68 bits per heavy atom. The van der Waals surface area contributed by atoms with Crippen molar-refractivity contribution < 1.29 is 19.1 Å². The van der Waals surface area contributed by atoms with Crippen LogP contribution in [0.1, 0.15) is 48.3 Å². The molecular weight excluding hydrogens is 382 g/mol.